The number of hydrogen-bond acceptors (Lipinski definition) is 7. The molecule has 8 heteroatoms. The summed E-state index contributed by atoms with van der Waals surface area (Å²) in [5.74, 6) is 0.774. The van der Waals surface area contributed by atoms with Crippen LogP contribution in [0.3, 0.4) is 0 Å². The van der Waals surface area contributed by atoms with E-state index in [1.165, 1.54) is 0 Å². The standard InChI is InChI=1S/C15H16N6O2/c1-9(23-8-22)7-17-14-11-3-2-10(12-4-5-18-21-12)6-13(11)19-15(16)20-14/h2-6,8-9H,7H2,1H3,(H,18,21)(H3,16,17,19,20)/t9-/m1/s1. The zero-order chi connectivity index (χ0) is 16.2. The maximum absolute atomic E-state index is 10.3. The van der Waals surface area contributed by atoms with Crippen molar-refractivity contribution in [3.63, 3.8) is 0 Å². The third-order valence-electron chi connectivity index (χ3n) is 3.37. The second kappa shape index (κ2) is 6.30. The number of anilines is 2. The van der Waals surface area contributed by atoms with Crippen LogP contribution in [0, 0.1) is 0 Å². The van der Waals surface area contributed by atoms with E-state index in [0.29, 0.717) is 18.8 Å². The van der Waals surface area contributed by atoms with Gasteiger partial charge in [-0.15, -0.1) is 0 Å². The Hall–Kier alpha value is -3.16. The minimum Gasteiger partial charge on any atom is -0.463 e. The zero-order valence-corrected chi connectivity index (χ0v) is 12.5. The van der Waals surface area contributed by atoms with Gasteiger partial charge in [0.2, 0.25) is 5.95 Å². The maximum Gasteiger partial charge on any atom is 0.293 e. The van der Waals surface area contributed by atoms with E-state index in [-0.39, 0.29) is 12.1 Å². The number of nitrogens with zero attached hydrogens (tertiary/aromatic N) is 3. The van der Waals surface area contributed by atoms with E-state index in [2.05, 4.69) is 25.5 Å². The number of ether oxygens (including phenoxy) is 1. The summed E-state index contributed by atoms with van der Waals surface area (Å²) in [6.45, 7) is 2.63. The Morgan fingerprint density at radius 1 is 1.39 bits per heavy atom. The van der Waals surface area contributed by atoms with Crippen LogP contribution in [0.1, 0.15) is 6.92 Å². The molecular formula is C15H16N6O2. The lowest BCUT2D eigenvalue weighted by Crippen LogP contribution is -2.20. The number of benzene rings is 1. The van der Waals surface area contributed by atoms with E-state index >= 15 is 0 Å². The molecule has 0 radical (unpaired) electrons. The number of nitrogens with one attached hydrogen (secondary N) is 2. The van der Waals surface area contributed by atoms with Crippen molar-refractivity contribution in [2.24, 2.45) is 0 Å². The Balaban J connectivity index is 1.94. The lowest BCUT2D eigenvalue weighted by atomic mass is 10.1. The zero-order valence-electron chi connectivity index (χ0n) is 12.5. The van der Waals surface area contributed by atoms with Crippen molar-refractivity contribution in [1.82, 2.24) is 20.2 Å². The summed E-state index contributed by atoms with van der Waals surface area (Å²) in [7, 11) is 0. The molecule has 4 N–H and O–H groups in total. The fourth-order valence-electron chi connectivity index (χ4n) is 2.25. The SMILES string of the molecule is C[C@H](CNc1nc(N)nc2cc(-c3ccn[nH]3)ccc12)OC=O. The normalized spacial score (nSPS) is 12.0. The molecule has 0 aliphatic heterocycles. The number of H-pyrrole nitrogens is 1. The number of nitrogen functional groups attached to an aromatic ring is 1. The van der Waals surface area contributed by atoms with E-state index < -0.39 is 0 Å². The molecule has 2 aromatic heterocycles. The molecule has 1 atom stereocenters. The van der Waals surface area contributed by atoms with Gasteiger partial charge in [0, 0.05) is 17.1 Å². The molecule has 0 spiro atoms. The van der Waals surface area contributed by atoms with E-state index in [4.69, 9.17) is 10.5 Å². The van der Waals surface area contributed by atoms with Crippen molar-refractivity contribution in [1.29, 1.82) is 0 Å². The van der Waals surface area contributed by atoms with E-state index in [1.807, 2.05) is 24.3 Å². The number of carbonyl (C=O) groups excluding carboxylic acids is 1. The molecule has 8 nitrogen and oxygen atoms in total. The number of rotatable bonds is 6. The van der Waals surface area contributed by atoms with Gasteiger partial charge in [-0.2, -0.15) is 10.1 Å². The minimum atomic E-state index is -0.275. The molecular weight excluding hydrogens is 296 g/mol. The van der Waals surface area contributed by atoms with Crippen LogP contribution >= 0.6 is 0 Å². The lowest BCUT2D eigenvalue weighted by molar-refractivity contribution is -0.132. The molecule has 0 aliphatic rings. The van der Waals surface area contributed by atoms with Gasteiger partial charge in [0.15, 0.2) is 0 Å². The van der Waals surface area contributed by atoms with Crippen molar-refractivity contribution in [2.75, 3.05) is 17.6 Å². The summed E-state index contributed by atoms with van der Waals surface area (Å²) >= 11 is 0. The Morgan fingerprint density at radius 2 is 2.26 bits per heavy atom. The summed E-state index contributed by atoms with van der Waals surface area (Å²) in [6.07, 6.45) is 1.41. The molecule has 0 amide bonds. The van der Waals surface area contributed by atoms with Crippen LogP contribution in [0.2, 0.25) is 0 Å². The van der Waals surface area contributed by atoms with Gasteiger partial charge in [0.25, 0.3) is 6.47 Å². The van der Waals surface area contributed by atoms with Crippen molar-refractivity contribution in [2.45, 2.75) is 13.0 Å². The van der Waals surface area contributed by atoms with Gasteiger partial charge in [-0.1, -0.05) is 6.07 Å². The molecule has 0 fully saturated rings. The lowest BCUT2D eigenvalue weighted by Gasteiger charge is -2.13. The quantitative estimate of drug-likeness (QED) is 0.591. The van der Waals surface area contributed by atoms with Crippen molar-refractivity contribution < 1.29 is 9.53 Å². The summed E-state index contributed by atoms with van der Waals surface area (Å²) < 4.78 is 4.85. The predicted molar refractivity (Wildman–Crippen MR) is 86.6 cm³/mol. The largest absolute Gasteiger partial charge is 0.463 e. The second-order valence-electron chi connectivity index (χ2n) is 5.06. The molecule has 1 aromatic carbocycles. The number of carbonyl (C=O) groups is 1. The third-order valence-corrected chi connectivity index (χ3v) is 3.37. The van der Waals surface area contributed by atoms with E-state index in [1.54, 1.807) is 13.1 Å². The summed E-state index contributed by atoms with van der Waals surface area (Å²) in [4.78, 5) is 18.8. The first kappa shape index (κ1) is 14.8. The first-order valence-electron chi connectivity index (χ1n) is 7.07. The molecule has 3 aromatic rings. The number of nitrogens with two attached hydrogens (primary N) is 1. The molecule has 2 heterocycles. The highest BCUT2D eigenvalue weighted by Crippen LogP contribution is 2.26. The topological polar surface area (TPSA) is 119 Å². The van der Waals surface area contributed by atoms with E-state index in [9.17, 15) is 4.79 Å². The summed E-state index contributed by atoms with van der Waals surface area (Å²) in [5, 5.41) is 10.8. The number of aromatic amines is 1. The highest BCUT2D eigenvalue weighted by Gasteiger charge is 2.10. The summed E-state index contributed by atoms with van der Waals surface area (Å²) in [5.41, 5.74) is 8.36. The summed E-state index contributed by atoms with van der Waals surface area (Å²) in [6, 6.07) is 7.66. The maximum atomic E-state index is 10.3. The van der Waals surface area contributed by atoms with Gasteiger partial charge in [0.1, 0.15) is 11.9 Å². The fourth-order valence-corrected chi connectivity index (χ4v) is 2.25. The molecule has 0 aliphatic carbocycles. The van der Waals surface area contributed by atoms with Crippen LogP contribution in [0.5, 0.6) is 0 Å². The molecule has 118 valence electrons. The number of aromatic nitrogens is 4. The minimum absolute atomic E-state index is 0.172. The van der Waals surface area contributed by atoms with Gasteiger partial charge < -0.3 is 15.8 Å². The highest BCUT2D eigenvalue weighted by molar-refractivity contribution is 5.92. The van der Waals surface area contributed by atoms with Crippen LogP contribution < -0.4 is 11.1 Å². The van der Waals surface area contributed by atoms with Gasteiger partial charge in [-0.05, 0) is 25.1 Å². The molecule has 3 rings (SSSR count). The van der Waals surface area contributed by atoms with Crippen LogP contribution in [0.4, 0.5) is 11.8 Å². The van der Waals surface area contributed by atoms with Crippen LogP contribution in [-0.2, 0) is 9.53 Å². The number of hydrogen-bond donors (Lipinski definition) is 3. The Labute approximate surface area is 132 Å². The van der Waals surface area contributed by atoms with Crippen molar-refractivity contribution in [3.05, 3.63) is 30.5 Å². The predicted octanol–water partition coefficient (Wildman–Crippen LogP) is 1.58. The first-order valence-corrected chi connectivity index (χ1v) is 7.07. The highest BCUT2D eigenvalue weighted by atomic mass is 16.5. The molecule has 0 unspecified atom stereocenters. The van der Waals surface area contributed by atoms with Gasteiger partial charge in [0.05, 0.1) is 17.8 Å². The van der Waals surface area contributed by atoms with Crippen LogP contribution in [0.15, 0.2) is 30.5 Å². The fraction of sp³-hybridized carbons (Fsp3) is 0.200. The van der Waals surface area contributed by atoms with Gasteiger partial charge in [-0.25, -0.2) is 4.98 Å². The third kappa shape index (κ3) is 3.20. The van der Waals surface area contributed by atoms with Gasteiger partial charge >= 0.3 is 0 Å². The van der Waals surface area contributed by atoms with Crippen molar-refractivity contribution in [3.8, 4) is 11.3 Å². The molecule has 0 bridgehead atoms. The average molecular weight is 312 g/mol. The van der Waals surface area contributed by atoms with Crippen molar-refractivity contribution >= 4 is 29.1 Å². The Morgan fingerprint density at radius 3 is 3.00 bits per heavy atom. The smallest absolute Gasteiger partial charge is 0.293 e. The molecule has 23 heavy (non-hydrogen) atoms. The molecule has 0 saturated carbocycles. The van der Waals surface area contributed by atoms with Gasteiger partial charge in [-0.3, -0.25) is 9.89 Å². The number of fused-ring (bicyclic) bond motifs is 1. The van der Waals surface area contributed by atoms with Crippen LogP contribution in [0.25, 0.3) is 22.2 Å². The Bertz CT molecular complexity index is 818. The first-order chi connectivity index (χ1) is 11.2. The van der Waals surface area contributed by atoms with E-state index in [0.717, 1.165) is 22.2 Å². The average Bonchev–Trinajstić information content (AvgIpc) is 3.06. The monoisotopic (exact) mass is 312 g/mol. The Kier molecular flexibility index (Phi) is 4.05. The second-order valence-corrected chi connectivity index (χ2v) is 5.06. The molecule has 0 saturated heterocycles. The van der Waals surface area contributed by atoms with Crippen LogP contribution in [-0.4, -0.2) is 39.3 Å².